The maximum Gasteiger partial charge on any atom is 0.168 e. The number of nitrogens with two attached hydrogens (primary N) is 1. The summed E-state index contributed by atoms with van der Waals surface area (Å²) in [7, 11) is 0. The van der Waals surface area contributed by atoms with Crippen molar-refractivity contribution in [2.45, 2.75) is 13.8 Å². The third-order valence-electron chi connectivity index (χ3n) is 2.39. The molecule has 1 aromatic carbocycles. The maximum absolute atomic E-state index is 5.40. The molecule has 2 aromatic rings. The van der Waals surface area contributed by atoms with Crippen molar-refractivity contribution in [2.24, 2.45) is 5.73 Å². The van der Waals surface area contributed by atoms with Gasteiger partial charge in [-0.3, -0.25) is 0 Å². The minimum Gasteiger partial charge on any atom is -0.376 e. The molecule has 5 heteroatoms. The van der Waals surface area contributed by atoms with E-state index in [2.05, 4.69) is 10.4 Å². The van der Waals surface area contributed by atoms with Crippen LogP contribution in [0.2, 0.25) is 0 Å². The fourth-order valence-corrected chi connectivity index (χ4v) is 1.84. The Morgan fingerprint density at radius 1 is 1.29 bits per heavy atom. The van der Waals surface area contributed by atoms with Crippen molar-refractivity contribution >= 4 is 23.0 Å². The molecular formula is C12H14N4S. The van der Waals surface area contributed by atoms with Crippen LogP contribution in [0.3, 0.4) is 0 Å². The molecule has 0 amide bonds. The van der Waals surface area contributed by atoms with E-state index >= 15 is 0 Å². The highest BCUT2D eigenvalue weighted by atomic mass is 32.1. The van der Waals surface area contributed by atoms with Crippen LogP contribution in [0.15, 0.2) is 30.3 Å². The van der Waals surface area contributed by atoms with E-state index in [0.29, 0.717) is 0 Å². The topological polar surface area (TPSA) is 55.9 Å². The predicted octanol–water partition coefficient (Wildman–Crippen LogP) is 2.14. The first-order valence-electron chi connectivity index (χ1n) is 5.26. The van der Waals surface area contributed by atoms with Gasteiger partial charge in [-0.15, -0.1) is 0 Å². The van der Waals surface area contributed by atoms with E-state index in [4.69, 9.17) is 18.0 Å². The van der Waals surface area contributed by atoms with Crippen LogP contribution in [0.5, 0.6) is 0 Å². The summed E-state index contributed by atoms with van der Waals surface area (Å²) in [6.07, 6.45) is 0. The van der Waals surface area contributed by atoms with E-state index < -0.39 is 0 Å². The van der Waals surface area contributed by atoms with Gasteiger partial charge in [-0.1, -0.05) is 0 Å². The van der Waals surface area contributed by atoms with Crippen molar-refractivity contribution in [1.29, 1.82) is 0 Å². The van der Waals surface area contributed by atoms with Crippen LogP contribution < -0.4 is 11.1 Å². The summed E-state index contributed by atoms with van der Waals surface area (Å²) in [4.78, 5) is 0. The van der Waals surface area contributed by atoms with Crippen LogP contribution in [-0.4, -0.2) is 14.9 Å². The summed E-state index contributed by atoms with van der Waals surface area (Å²) in [6.45, 7) is 4.01. The van der Waals surface area contributed by atoms with Gasteiger partial charge in [-0.05, 0) is 56.4 Å². The number of hydrogen-bond donors (Lipinski definition) is 2. The van der Waals surface area contributed by atoms with Gasteiger partial charge in [-0.25, -0.2) is 4.68 Å². The van der Waals surface area contributed by atoms with Crippen molar-refractivity contribution in [3.8, 4) is 5.69 Å². The molecule has 3 N–H and O–H groups in total. The summed E-state index contributed by atoms with van der Waals surface area (Å²) in [5.74, 6) is 0. The van der Waals surface area contributed by atoms with Crippen molar-refractivity contribution in [1.82, 2.24) is 9.78 Å². The van der Waals surface area contributed by atoms with Gasteiger partial charge in [-0.2, -0.15) is 5.10 Å². The van der Waals surface area contributed by atoms with Gasteiger partial charge < -0.3 is 11.1 Å². The average Bonchev–Trinajstić information content (AvgIpc) is 2.58. The first-order valence-corrected chi connectivity index (χ1v) is 5.67. The molecule has 0 unspecified atom stereocenters. The molecule has 17 heavy (non-hydrogen) atoms. The molecule has 2 rings (SSSR count). The van der Waals surface area contributed by atoms with E-state index in [1.54, 1.807) is 0 Å². The summed E-state index contributed by atoms with van der Waals surface area (Å²) in [5, 5.41) is 7.57. The molecule has 1 aromatic heterocycles. The van der Waals surface area contributed by atoms with Gasteiger partial charge in [0.05, 0.1) is 11.4 Å². The number of aryl methyl sites for hydroxylation is 2. The van der Waals surface area contributed by atoms with Crippen LogP contribution in [0.4, 0.5) is 5.69 Å². The lowest BCUT2D eigenvalue weighted by atomic mass is 10.3. The summed E-state index contributed by atoms with van der Waals surface area (Å²) < 4.78 is 1.90. The molecule has 0 aliphatic carbocycles. The highest BCUT2D eigenvalue weighted by Gasteiger charge is 2.03. The van der Waals surface area contributed by atoms with Gasteiger partial charge in [0.25, 0.3) is 0 Å². The normalized spacial score (nSPS) is 10.2. The average molecular weight is 246 g/mol. The lowest BCUT2D eigenvalue weighted by Crippen LogP contribution is -2.18. The standard InChI is InChI=1S/C12H14N4S/c1-8-7-9(2)16(15-8)11-5-3-10(4-6-11)14-12(13)17/h3-7H,1-2H3,(H3,13,14,17). The zero-order valence-electron chi connectivity index (χ0n) is 9.77. The highest BCUT2D eigenvalue weighted by Crippen LogP contribution is 2.15. The summed E-state index contributed by atoms with van der Waals surface area (Å²) >= 11 is 4.78. The summed E-state index contributed by atoms with van der Waals surface area (Å²) in [5.41, 5.74) is 9.42. The highest BCUT2D eigenvalue weighted by molar-refractivity contribution is 7.80. The Balaban J connectivity index is 2.29. The maximum atomic E-state index is 5.40. The molecule has 0 spiro atoms. The molecule has 0 aliphatic heterocycles. The number of nitrogens with one attached hydrogen (secondary N) is 1. The molecule has 88 valence electrons. The number of hydrogen-bond acceptors (Lipinski definition) is 2. The van der Waals surface area contributed by atoms with Gasteiger partial charge in [0.1, 0.15) is 0 Å². The lowest BCUT2D eigenvalue weighted by Gasteiger charge is -2.07. The third-order valence-corrected chi connectivity index (χ3v) is 2.49. The molecule has 0 fully saturated rings. The third kappa shape index (κ3) is 2.62. The monoisotopic (exact) mass is 246 g/mol. The minimum absolute atomic E-state index is 0.267. The second kappa shape index (κ2) is 4.55. The number of thiocarbonyl (C=S) groups is 1. The molecular weight excluding hydrogens is 232 g/mol. The largest absolute Gasteiger partial charge is 0.376 e. The van der Waals surface area contributed by atoms with Crippen molar-refractivity contribution in [3.05, 3.63) is 41.7 Å². The van der Waals surface area contributed by atoms with Crippen molar-refractivity contribution in [3.63, 3.8) is 0 Å². The van der Waals surface area contributed by atoms with Crippen LogP contribution >= 0.6 is 12.2 Å². The molecule has 0 radical (unpaired) electrons. The Hall–Kier alpha value is -1.88. The Morgan fingerprint density at radius 3 is 2.41 bits per heavy atom. The van der Waals surface area contributed by atoms with Crippen LogP contribution in [0.25, 0.3) is 5.69 Å². The molecule has 1 heterocycles. The van der Waals surface area contributed by atoms with Gasteiger partial charge >= 0.3 is 0 Å². The van der Waals surface area contributed by atoms with E-state index in [9.17, 15) is 0 Å². The van der Waals surface area contributed by atoms with Crippen LogP contribution in [0, 0.1) is 13.8 Å². The van der Waals surface area contributed by atoms with Gasteiger partial charge in [0.15, 0.2) is 5.11 Å². The number of benzene rings is 1. The first kappa shape index (κ1) is 11.6. The van der Waals surface area contributed by atoms with Crippen LogP contribution in [-0.2, 0) is 0 Å². The number of nitrogens with zero attached hydrogens (tertiary/aromatic N) is 2. The molecule has 0 bridgehead atoms. The summed E-state index contributed by atoms with van der Waals surface area (Å²) in [6, 6.07) is 9.83. The van der Waals surface area contributed by atoms with Crippen molar-refractivity contribution < 1.29 is 0 Å². The van der Waals surface area contributed by atoms with E-state index in [1.807, 2.05) is 48.9 Å². The molecule has 4 nitrogen and oxygen atoms in total. The molecule has 0 aliphatic rings. The second-order valence-corrected chi connectivity index (χ2v) is 4.31. The zero-order valence-corrected chi connectivity index (χ0v) is 10.6. The lowest BCUT2D eigenvalue weighted by molar-refractivity contribution is 0.834. The van der Waals surface area contributed by atoms with Gasteiger partial charge in [0, 0.05) is 11.4 Å². The Kier molecular flexibility index (Phi) is 3.10. The van der Waals surface area contributed by atoms with Crippen LogP contribution in [0.1, 0.15) is 11.4 Å². The Bertz CT molecular complexity index is 542. The van der Waals surface area contributed by atoms with E-state index in [1.165, 1.54) is 0 Å². The first-order chi connectivity index (χ1) is 8.06. The zero-order chi connectivity index (χ0) is 12.4. The number of rotatable bonds is 2. The SMILES string of the molecule is Cc1cc(C)n(-c2ccc(NC(N)=S)cc2)n1. The van der Waals surface area contributed by atoms with Gasteiger partial charge in [0.2, 0.25) is 0 Å². The van der Waals surface area contributed by atoms with Crippen molar-refractivity contribution in [2.75, 3.05) is 5.32 Å². The molecule has 0 saturated carbocycles. The molecule has 0 saturated heterocycles. The predicted molar refractivity (Wildman–Crippen MR) is 73.4 cm³/mol. The fourth-order valence-electron chi connectivity index (χ4n) is 1.72. The smallest absolute Gasteiger partial charge is 0.168 e. The number of aromatic nitrogens is 2. The minimum atomic E-state index is 0.267. The Morgan fingerprint density at radius 2 is 1.94 bits per heavy atom. The Labute approximate surface area is 105 Å². The van der Waals surface area contributed by atoms with E-state index in [-0.39, 0.29) is 5.11 Å². The fraction of sp³-hybridized carbons (Fsp3) is 0.167. The van der Waals surface area contributed by atoms with E-state index in [0.717, 1.165) is 22.8 Å². The number of anilines is 1. The second-order valence-electron chi connectivity index (χ2n) is 3.88. The quantitative estimate of drug-likeness (QED) is 0.797. The molecule has 0 atom stereocenters.